The number of nitrogens with zero attached hydrogens (tertiary/aromatic N) is 1. The summed E-state index contributed by atoms with van der Waals surface area (Å²) in [4.78, 5) is 4.03. The van der Waals surface area contributed by atoms with Gasteiger partial charge >= 0.3 is 0 Å². The third-order valence-corrected chi connectivity index (χ3v) is 2.66. The number of benzene rings is 1. The first kappa shape index (κ1) is 14.0. The predicted octanol–water partition coefficient (Wildman–Crippen LogP) is 3.45. The Hall–Kier alpha value is -1.09. The average molecular weight is 269 g/mol. The Bertz CT molecular complexity index is 446. The maximum absolute atomic E-state index is 5.95. The second kappa shape index (κ2) is 7.28. The van der Waals surface area contributed by atoms with Crippen molar-refractivity contribution in [2.24, 2.45) is 0 Å². The molecule has 0 saturated carbocycles. The van der Waals surface area contributed by atoms with Crippen LogP contribution in [-0.2, 0) is 13.1 Å². The molecule has 0 unspecified atom stereocenters. The lowest BCUT2D eigenvalue weighted by atomic mass is 10.2. The van der Waals surface area contributed by atoms with Crippen molar-refractivity contribution in [3.05, 3.63) is 64.9 Å². The van der Waals surface area contributed by atoms with Gasteiger partial charge in [0.05, 0.1) is 0 Å². The smallest absolute Gasteiger partial charge is 0.133 e. The molecule has 0 bridgehead atoms. The molecule has 0 saturated heterocycles. The van der Waals surface area contributed by atoms with Gasteiger partial charge in [0, 0.05) is 24.8 Å². The van der Waals surface area contributed by atoms with Crippen LogP contribution in [0.5, 0.6) is 0 Å². The zero-order valence-electron chi connectivity index (χ0n) is 9.27. The number of nitrogens with one attached hydrogen (secondary N) is 1. The van der Waals surface area contributed by atoms with Crippen LogP contribution in [0.2, 0.25) is 5.15 Å². The van der Waals surface area contributed by atoms with E-state index < -0.39 is 0 Å². The maximum atomic E-state index is 5.95. The molecule has 4 heteroatoms. The standard InChI is InChI=1S/C13H13ClN2.ClH/c14-13-12(7-4-8-16-13)10-15-9-11-5-2-1-3-6-11;/h1-8,15H,9-10H2;1H. The molecule has 0 aliphatic rings. The van der Waals surface area contributed by atoms with Crippen molar-refractivity contribution >= 4 is 24.0 Å². The summed E-state index contributed by atoms with van der Waals surface area (Å²) in [5, 5.41) is 3.91. The van der Waals surface area contributed by atoms with E-state index in [0.717, 1.165) is 18.7 Å². The summed E-state index contributed by atoms with van der Waals surface area (Å²) in [6.45, 7) is 1.58. The van der Waals surface area contributed by atoms with E-state index >= 15 is 0 Å². The van der Waals surface area contributed by atoms with Gasteiger partial charge in [-0.1, -0.05) is 48.0 Å². The number of rotatable bonds is 4. The first-order valence-electron chi connectivity index (χ1n) is 5.20. The molecule has 0 amide bonds. The first-order valence-corrected chi connectivity index (χ1v) is 5.58. The second-order valence-corrected chi connectivity index (χ2v) is 3.90. The monoisotopic (exact) mass is 268 g/mol. The lowest BCUT2D eigenvalue weighted by molar-refractivity contribution is 0.691. The van der Waals surface area contributed by atoms with Gasteiger partial charge in [-0.3, -0.25) is 0 Å². The summed E-state index contributed by atoms with van der Waals surface area (Å²) in [6.07, 6.45) is 1.70. The van der Waals surface area contributed by atoms with Gasteiger partial charge in [-0.05, 0) is 11.6 Å². The van der Waals surface area contributed by atoms with E-state index in [1.807, 2.05) is 30.3 Å². The lowest BCUT2D eigenvalue weighted by Crippen LogP contribution is -2.13. The van der Waals surface area contributed by atoms with Gasteiger partial charge in [0.2, 0.25) is 0 Å². The summed E-state index contributed by atoms with van der Waals surface area (Å²) >= 11 is 5.95. The molecule has 1 aromatic heterocycles. The third-order valence-electron chi connectivity index (χ3n) is 2.32. The Kier molecular flexibility index (Phi) is 5.98. The highest BCUT2D eigenvalue weighted by Crippen LogP contribution is 2.11. The molecule has 1 heterocycles. The summed E-state index contributed by atoms with van der Waals surface area (Å²) in [5.74, 6) is 0. The van der Waals surface area contributed by atoms with E-state index in [-0.39, 0.29) is 12.4 Å². The normalized spacial score (nSPS) is 9.71. The minimum atomic E-state index is 0. The van der Waals surface area contributed by atoms with Crippen molar-refractivity contribution in [3.8, 4) is 0 Å². The Labute approximate surface area is 112 Å². The van der Waals surface area contributed by atoms with Crippen molar-refractivity contribution in [3.63, 3.8) is 0 Å². The Balaban J connectivity index is 0.00000144. The predicted molar refractivity (Wildman–Crippen MR) is 73.5 cm³/mol. The van der Waals surface area contributed by atoms with Gasteiger partial charge in [0.15, 0.2) is 0 Å². The van der Waals surface area contributed by atoms with Crippen LogP contribution in [-0.4, -0.2) is 4.98 Å². The number of hydrogen-bond donors (Lipinski definition) is 1. The largest absolute Gasteiger partial charge is 0.309 e. The molecule has 1 aromatic carbocycles. The summed E-state index contributed by atoms with van der Waals surface area (Å²) in [7, 11) is 0. The van der Waals surface area contributed by atoms with Crippen molar-refractivity contribution in [1.82, 2.24) is 10.3 Å². The molecule has 2 nitrogen and oxygen atoms in total. The number of halogens is 2. The van der Waals surface area contributed by atoms with Crippen molar-refractivity contribution < 1.29 is 0 Å². The van der Waals surface area contributed by atoms with Gasteiger partial charge in [-0.15, -0.1) is 12.4 Å². The van der Waals surface area contributed by atoms with Crippen LogP contribution < -0.4 is 5.32 Å². The van der Waals surface area contributed by atoms with Gasteiger partial charge in [0.1, 0.15) is 5.15 Å². The number of hydrogen-bond acceptors (Lipinski definition) is 2. The SMILES string of the molecule is Cl.Clc1ncccc1CNCc1ccccc1. The summed E-state index contributed by atoms with van der Waals surface area (Å²) in [5.41, 5.74) is 2.29. The topological polar surface area (TPSA) is 24.9 Å². The van der Waals surface area contributed by atoms with Crippen LogP contribution in [0.15, 0.2) is 48.7 Å². The van der Waals surface area contributed by atoms with Gasteiger partial charge < -0.3 is 5.32 Å². The van der Waals surface area contributed by atoms with Crippen molar-refractivity contribution in [2.45, 2.75) is 13.1 Å². The molecule has 0 aliphatic heterocycles. The van der Waals surface area contributed by atoms with Gasteiger partial charge in [-0.2, -0.15) is 0 Å². The van der Waals surface area contributed by atoms with Crippen LogP contribution in [0.25, 0.3) is 0 Å². The minimum absolute atomic E-state index is 0. The number of pyridine rings is 1. The van der Waals surface area contributed by atoms with E-state index in [0.29, 0.717) is 5.15 Å². The Morgan fingerprint density at radius 1 is 1.00 bits per heavy atom. The molecule has 1 N–H and O–H groups in total. The Morgan fingerprint density at radius 3 is 2.47 bits per heavy atom. The molecule has 90 valence electrons. The molecule has 2 rings (SSSR count). The van der Waals surface area contributed by atoms with Crippen LogP contribution in [0.4, 0.5) is 0 Å². The van der Waals surface area contributed by atoms with E-state index in [1.54, 1.807) is 6.20 Å². The highest BCUT2D eigenvalue weighted by Gasteiger charge is 1.99. The van der Waals surface area contributed by atoms with E-state index in [1.165, 1.54) is 5.56 Å². The van der Waals surface area contributed by atoms with E-state index in [9.17, 15) is 0 Å². The van der Waals surface area contributed by atoms with Gasteiger partial charge in [0.25, 0.3) is 0 Å². The van der Waals surface area contributed by atoms with Crippen LogP contribution in [0.3, 0.4) is 0 Å². The fourth-order valence-electron chi connectivity index (χ4n) is 1.49. The minimum Gasteiger partial charge on any atom is -0.309 e. The molecule has 0 spiro atoms. The van der Waals surface area contributed by atoms with Crippen molar-refractivity contribution in [2.75, 3.05) is 0 Å². The molecule has 0 atom stereocenters. The molecular formula is C13H14Cl2N2. The highest BCUT2D eigenvalue weighted by molar-refractivity contribution is 6.30. The summed E-state index contributed by atoms with van der Waals surface area (Å²) in [6, 6.07) is 14.2. The maximum Gasteiger partial charge on any atom is 0.133 e. The number of aromatic nitrogens is 1. The molecule has 17 heavy (non-hydrogen) atoms. The Morgan fingerprint density at radius 2 is 1.76 bits per heavy atom. The molecule has 0 radical (unpaired) electrons. The van der Waals surface area contributed by atoms with Crippen LogP contribution >= 0.6 is 24.0 Å². The van der Waals surface area contributed by atoms with Crippen LogP contribution in [0, 0.1) is 0 Å². The van der Waals surface area contributed by atoms with Crippen LogP contribution in [0.1, 0.15) is 11.1 Å². The van der Waals surface area contributed by atoms with E-state index in [2.05, 4.69) is 22.4 Å². The molecule has 2 aromatic rings. The zero-order valence-corrected chi connectivity index (χ0v) is 10.8. The highest BCUT2D eigenvalue weighted by atomic mass is 35.5. The molecular weight excluding hydrogens is 255 g/mol. The average Bonchev–Trinajstić information content (AvgIpc) is 2.33. The summed E-state index contributed by atoms with van der Waals surface area (Å²) < 4.78 is 0. The molecule has 0 aliphatic carbocycles. The fraction of sp³-hybridized carbons (Fsp3) is 0.154. The quantitative estimate of drug-likeness (QED) is 0.860. The van der Waals surface area contributed by atoms with E-state index in [4.69, 9.17) is 11.6 Å². The fourth-order valence-corrected chi connectivity index (χ4v) is 1.67. The first-order chi connectivity index (χ1) is 7.86. The zero-order chi connectivity index (χ0) is 11.2. The lowest BCUT2D eigenvalue weighted by Gasteiger charge is -2.05. The van der Waals surface area contributed by atoms with Gasteiger partial charge in [-0.25, -0.2) is 4.98 Å². The second-order valence-electron chi connectivity index (χ2n) is 3.54. The third kappa shape index (κ3) is 4.35. The molecule has 0 fully saturated rings. The van der Waals surface area contributed by atoms with Crippen molar-refractivity contribution in [1.29, 1.82) is 0 Å².